The molecule has 0 spiro atoms. The first-order valence-corrected chi connectivity index (χ1v) is 5.27. The summed E-state index contributed by atoms with van der Waals surface area (Å²) in [6.45, 7) is 3.61. The minimum Gasteiger partial charge on any atom is -0.372 e. The van der Waals surface area contributed by atoms with Crippen LogP contribution in [0.1, 0.15) is 25.7 Å². The van der Waals surface area contributed by atoms with Crippen molar-refractivity contribution in [3.8, 4) is 0 Å². The molecule has 1 unspecified atom stereocenters. The third-order valence-corrected chi connectivity index (χ3v) is 3.09. The Bertz CT molecular complexity index is 157. The first-order chi connectivity index (χ1) is 5.92. The Morgan fingerprint density at radius 1 is 1.08 bits per heavy atom. The molecule has 1 aliphatic heterocycles. The average Bonchev–Trinajstić information content (AvgIpc) is 2.90. The smallest absolute Gasteiger partial charge is 0.0936 e. The quantitative estimate of drug-likeness (QED) is 0.573. The van der Waals surface area contributed by atoms with Gasteiger partial charge in [-0.05, 0) is 31.6 Å². The van der Waals surface area contributed by atoms with Gasteiger partial charge in [-0.25, -0.2) is 0 Å². The van der Waals surface area contributed by atoms with Gasteiger partial charge in [0, 0.05) is 19.1 Å². The van der Waals surface area contributed by atoms with Crippen LogP contribution in [0, 0.1) is 5.92 Å². The Morgan fingerprint density at radius 2 is 1.83 bits per heavy atom. The lowest BCUT2D eigenvalue weighted by Gasteiger charge is -2.20. The summed E-state index contributed by atoms with van der Waals surface area (Å²) in [5.74, 6) is 1.05. The van der Waals surface area contributed by atoms with Crippen molar-refractivity contribution < 1.29 is 4.74 Å². The van der Waals surface area contributed by atoms with Crippen LogP contribution in [-0.4, -0.2) is 36.7 Å². The molecule has 0 amide bonds. The monoisotopic (exact) mass is 167 g/mol. The van der Waals surface area contributed by atoms with Gasteiger partial charge in [-0.2, -0.15) is 0 Å². The summed E-state index contributed by atoms with van der Waals surface area (Å²) in [7, 11) is 0. The van der Waals surface area contributed by atoms with E-state index in [1.165, 1.54) is 38.8 Å². The van der Waals surface area contributed by atoms with Gasteiger partial charge in [0.2, 0.25) is 0 Å². The summed E-state index contributed by atoms with van der Waals surface area (Å²) < 4.78 is 5.28. The Balaban J connectivity index is 1.50. The lowest BCUT2D eigenvalue weighted by atomic mass is 10.3. The van der Waals surface area contributed by atoms with Crippen LogP contribution < -0.4 is 0 Å². The molecule has 3 aliphatic rings. The van der Waals surface area contributed by atoms with Crippen LogP contribution in [0.15, 0.2) is 0 Å². The Labute approximate surface area is 73.9 Å². The maximum absolute atomic E-state index is 5.28. The fourth-order valence-corrected chi connectivity index (χ4v) is 1.88. The summed E-state index contributed by atoms with van der Waals surface area (Å²) in [5.41, 5.74) is 0. The van der Waals surface area contributed by atoms with Crippen LogP contribution in [0.5, 0.6) is 0 Å². The highest BCUT2D eigenvalue weighted by molar-refractivity contribution is 4.90. The molecule has 0 bridgehead atoms. The number of rotatable bonds is 5. The normalized spacial score (nSPS) is 34.2. The minimum atomic E-state index is 0.601. The molecule has 0 radical (unpaired) electrons. The fraction of sp³-hybridized carbons (Fsp3) is 1.00. The van der Waals surface area contributed by atoms with E-state index in [1.54, 1.807) is 0 Å². The van der Waals surface area contributed by atoms with E-state index in [2.05, 4.69) is 4.90 Å². The van der Waals surface area contributed by atoms with Crippen LogP contribution in [0.2, 0.25) is 0 Å². The zero-order chi connectivity index (χ0) is 7.97. The standard InChI is InChI=1S/C10H17NO/c1-2-8(1)5-11(9-3-4-9)6-10-7-12-10/h8-10H,1-7H2. The van der Waals surface area contributed by atoms with Gasteiger partial charge in [0.1, 0.15) is 0 Å². The number of hydrogen-bond acceptors (Lipinski definition) is 2. The topological polar surface area (TPSA) is 15.8 Å². The lowest BCUT2D eigenvalue weighted by molar-refractivity contribution is 0.225. The molecule has 0 aromatic carbocycles. The third-order valence-electron chi connectivity index (χ3n) is 3.09. The van der Waals surface area contributed by atoms with Gasteiger partial charge in [0.25, 0.3) is 0 Å². The molecule has 68 valence electrons. The van der Waals surface area contributed by atoms with E-state index < -0.39 is 0 Å². The summed E-state index contributed by atoms with van der Waals surface area (Å²) in [5, 5.41) is 0. The molecule has 0 aromatic rings. The molecule has 2 saturated carbocycles. The summed E-state index contributed by atoms with van der Waals surface area (Å²) >= 11 is 0. The molecule has 3 fully saturated rings. The number of hydrogen-bond donors (Lipinski definition) is 0. The Kier molecular flexibility index (Phi) is 1.66. The molecule has 2 aliphatic carbocycles. The van der Waals surface area contributed by atoms with Crippen molar-refractivity contribution in [3.63, 3.8) is 0 Å². The molecule has 2 nitrogen and oxygen atoms in total. The van der Waals surface area contributed by atoms with Gasteiger partial charge in [-0.3, -0.25) is 4.90 Å². The van der Waals surface area contributed by atoms with Gasteiger partial charge in [-0.15, -0.1) is 0 Å². The Morgan fingerprint density at radius 3 is 2.33 bits per heavy atom. The molecular formula is C10H17NO. The zero-order valence-corrected chi connectivity index (χ0v) is 7.54. The highest BCUT2D eigenvalue weighted by Gasteiger charge is 2.37. The summed E-state index contributed by atoms with van der Waals surface area (Å²) in [6.07, 6.45) is 6.45. The van der Waals surface area contributed by atoms with Crippen LogP contribution in [0.4, 0.5) is 0 Å². The second kappa shape index (κ2) is 2.71. The molecule has 0 aromatic heterocycles. The molecular weight excluding hydrogens is 150 g/mol. The van der Waals surface area contributed by atoms with Gasteiger partial charge < -0.3 is 4.74 Å². The molecule has 0 N–H and O–H groups in total. The highest BCUT2D eigenvalue weighted by Crippen LogP contribution is 2.35. The van der Waals surface area contributed by atoms with E-state index in [4.69, 9.17) is 4.74 Å². The summed E-state index contributed by atoms with van der Waals surface area (Å²) in [6, 6.07) is 0.940. The largest absolute Gasteiger partial charge is 0.372 e. The van der Waals surface area contributed by atoms with Crippen LogP contribution in [0.3, 0.4) is 0 Å². The third kappa shape index (κ3) is 1.80. The Hall–Kier alpha value is -0.0800. The van der Waals surface area contributed by atoms with Gasteiger partial charge >= 0.3 is 0 Å². The van der Waals surface area contributed by atoms with Crippen molar-refractivity contribution in [1.29, 1.82) is 0 Å². The predicted molar refractivity (Wildman–Crippen MR) is 47.1 cm³/mol. The van der Waals surface area contributed by atoms with Crippen molar-refractivity contribution in [2.75, 3.05) is 19.7 Å². The van der Waals surface area contributed by atoms with E-state index in [9.17, 15) is 0 Å². The minimum absolute atomic E-state index is 0.601. The second-order valence-electron chi connectivity index (χ2n) is 4.58. The van der Waals surface area contributed by atoms with E-state index >= 15 is 0 Å². The van der Waals surface area contributed by atoms with Crippen molar-refractivity contribution in [1.82, 2.24) is 4.90 Å². The predicted octanol–water partition coefficient (Wildman–Crippen LogP) is 1.26. The van der Waals surface area contributed by atoms with Crippen molar-refractivity contribution >= 4 is 0 Å². The average molecular weight is 167 g/mol. The maximum Gasteiger partial charge on any atom is 0.0936 e. The van der Waals surface area contributed by atoms with Crippen molar-refractivity contribution in [2.24, 2.45) is 5.92 Å². The molecule has 12 heavy (non-hydrogen) atoms. The van der Waals surface area contributed by atoms with E-state index in [0.29, 0.717) is 6.10 Å². The first kappa shape index (κ1) is 7.34. The van der Waals surface area contributed by atoms with Crippen LogP contribution in [0.25, 0.3) is 0 Å². The van der Waals surface area contributed by atoms with Crippen molar-refractivity contribution in [2.45, 2.75) is 37.8 Å². The summed E-state index contributed by atoms with van der Waals surface area (Å²) in [4.78, 5) is 2.68. The number of nitrogens with zero attached hydrogens (tertiary/aromatic N) is 1. The SMILES string of the molecule is C1CC1CN(CC1CO1)C1CC1. The molecule has 1 atom stereocenters. The zero-order valence-electron chi connectivity index (χ0n) is 7.54. The molecule has 1 heterocycles. The van der Waals surface area contributed by atoms with Gasteiger partial charge in [0.05, 0.1) is 12.7 Å². The lowest BCUT2D eigenvalue weighted by Crippen LogP contribution is -2.32. The van der Waals surface area contributed by atoms with Gasteiger partial charge in [0.15, 0.2) is 0 Å². The first-order valence-electron chi connectivity index (χ1n) is 5.27. The van der Waals surface area contributed by atoms with Crippen molar-refractivity contribution in [3.05, 3.63) is 0 Å². The second-order valence-corrected chi connectivity index (χ2v) is 4.58. The van der Waals surface area contributed by atoms with E-state index in [-0.39, 0.29) is 0 Å². The molecule has 3 rings (SSSR count). The molecule has 2 heteroatoms. The number of epoxide rings is 1. The van der Waals surface area contributed by atoms with E-state index in [0.717, 1.165) is 18.6 Å². The van der Waals surface area contributed by atoms with Crippen LogP contribution >= 0.6 is 0 Å². The number of ether oxygens (including phenoxy) is 1. The van der Waals surface area contributed by atoms with E-state index in [1.807, 2.05) is 0 Å². The van der Waals surface area contributed by atoms with Crippen LogP contribution in [-0.2, 0) is 4.74 Å². The molecule has 1 saturated heterocycles. The highest BCUT2D eigenvalue weighted by atomic mass is 16.6. The maximum atomic E-state index is 5.28. The fourth-order valence-electron chi connectivity index (χ4n) is 1.88. The van der Waals surface area contributed by atoms with Gasteiger partial charge in [-0.1, -0.05) is 0 Å².